The summed E-state index contributed by atoms with van der Waals surface area (Å²) >= 11 is 0. The van der Waals surface area contributed by atoms with Crippen molar-refractivity contribution in [3.8, 4) is 0 Å². The molecule has 1 aromatic carbocycles. The Labute approximate surface area is 98.0 Å². The quantitative estimate of drug-likeness (QED) is 0.844. The van der Waals surface area contributed by atoms with Gasteiger partial charge in [-0.05, 0) is 36.4 Å². The van der Waals surface area contributed by atoms with Crippen LogP contribution in [-0.2, 0) is 11.3 Å². The second-order valence-corrected chi connectivity index (χ2v) is 4.82. The molecule has 0 amide bonds. The fourth-order valence-corrected chi connectivity index (χ4v) is 2.30. The zero-order chi connectivity index (χ0) is 11.4. The van der Waals surface area contributed by atoms with Crippen LogP contribution in [0.2, 0.25) is 0 Å². The second-order valence-electron chi connectivity index (χ2n) is 4.82. The van der Waals surface area contributed by atoms with Gasteiger partial charge in [-0.15, -0.1) is 0 Å². The molecule has 2 atom stereocenters. The van der Waals surface area contributed by atoms with Crippen LogP contribution in [0.4, 0.5) is 0 Å². The van der Waals surface area contributed by atoms with Crippen molar-refractivity contribution in [2.75, 3.05) is 13.7 Å². The predicted octanol–water partition coefficient (Wildman–Crippen LogP) is 2.89. The summed E-state index contributed by atoms with van der Waals surface area (Å²) in [5, 5.41) is 3.61. The standard InChI is InChI=1S/C14H21NO/c1-11-3-8-14(15-9-11)13-6-4-12(5-7-13)10-16-2/h4-7,11,14-15H,3,8-10H2,1-2H3/t11-,14+/m0/s1. The number of hydrogen-bond donors (Lipinski definition) is 1. The Hall–Kier alpha value is -0.860. The Morgan fingerprint density at radius 2 is 2.00 bits per heavy atom. The third-order valence-electron chi connectivity index (χ3n) is 3.35. The molecule has 1 aliphatic rings. The van der Waals surface area contributed by atoms with E-state index in [4.69, 9.17) is 4.74 Å². The fraction of sp³-hybridized carbons (Fsp3) is 0.571. The fourth-order valence-electron chi connectivity index (χ4n) is 2.30. The molecule has 1 aliphatic heterocycles. The molecule has 0 spiro atoms. The lowest BCUT2D eigenvalue weighted by Crippen LogP contribution is -2.31. The Morgan fingerprint density at radius 3 is 2.56 bits per heavy atom. The summed E-state index contributed by atoms with van der Waals surface area (Å²) in [5.74, 6) is 0.823. The maximum Gasteiger partial charge on any atom is 0.0713 e. The molecule has 0 radical (unpaired) electrons. The van der Waals surface area contributed by atoms with E-state index in [2.05, 4.69) is 36.5 Å². The maximum atomic E-state index is 5.11. The summed E-state index contributed by atoms with van der Waals surface area (Å²) in [7, 11) is 1.73. The molecule has 1 saturated heterocycles. The molecular weight excluding hydrogens is 198 g/mol. The maximum absolute atomic E-state index is 5.11. The number of methoxy groups -OCH3 is 1. The first-order valence-corrected chi connectivity index (χ1v) is 6.10. The molecule has 1 aromatic rings. The molecule has 88 valence electrons. The minimum Gasteiger partial charge on any atom is -0.380 e. The second kappa shape index (κ2) is 5.46. The van der Waals surface area contributed by atoms with Gasteiger partial charge >= 0.3 is 0 Å². The van der Waals surface area contributed by atoms with Crippen LogP contribution in [0, 0.1) is 5.92 Å². The van der Waals surface area contributed by atoms with Crippen LogP contribution in [0.25, 0.3) is 0 Å². The van der Waals surface area contributed by atoms with Crippen molar-refractivity contribution < 1.29 is 4.74 Å². The predicted molar refractivity (Wildman–Crippen MR) is 66.3 cm³/mol. The lowest BCUT2D eigenvalue weighted by molar-refractivity contribution is 0.185. The van der Waals surface area contributed by atoms with Crippen LogP contribution in [0.5, 0.6) is 0 Å². The average Bonchev–Trinajstić information content (AvgIpc) is 2.32. The van der Waals surface area contributed by atoms with Crippen molar-refractivity contribution in [3.05, 3.63) is 35.4 Å². The summed E-state index contributed by atoms with van der Waals surface area (Å²) < 4.78 is 5.11. The lowest BCUT2D eigenvalue weighted by atomic mass is 9.92. The Bertz CT molecular complexity index is 312. The molecule has 1 heterocycles. The van der Waals surface area contributed by atoms with Crippen LogP contribution in [0.1, 0.15) is 36.9 Å². The van der Waals surface area contributed by atoms with E-state index in [1.54, 1.807) is 7.11 Å². The number of rotatable bonds is 3. The van der Waals surface area contributed by atoms with Crippen LogP contribution in [0.3, 0.4) is 0 Å². The first-order chi connectivity index (χ1) is 7.79. The molecule has 1 N–H and O–H groups in total. The highest BCUT2D eigenvalue weighted by atomic mass is 16.5. The van der Waals surface area contributed by atoms with Crippen LogP contribution in [-0.4, -0.2) is 13.7 Å². The van der Waals surface area contributed by atoms with Crippen molar-refractivity contribution in [1.82, 2.24) is 5.32 Å². The Kier molecular flexibility index (Phi) is 3.97. The van der Waals surface area contributed by atoms with Crippen LogP contribution in [0.15, 0.2) is 24.3 Å². The minimum atomic E-state index is 0.549. The summed E-state index contributed by atoms with van der Waals surface area (Å²) in [6, 6.07) is 9.33. The molecule has 0 unspecified atom stereocenters. The monoisotopic (exact) mass is 219 g/mol. The van der Waals surface area contributed by atoms with Gasteiger partial charge in [0.1, 0.15) is 0 Å². The van der Waals surface area contributed by atoms with Crippen molar-refractivity contribution in [1.29, 1.82) is 0 Å². The van der Waals surface area contributed by atoms with Gasteiger partial charge in [0.25, 0.3) is 0 Å². The molecule has 16 heavy (non-hydrogen) atoms. The Balaban J connectivity index is 1.98. The summed E-state index contributed by atoms with van der Waals surface area (Å²) in [6.07, 6.45) is 2.59. The Morgan fingerprint density at radius 1 is 1.25 bits per heavy atom. The van der Waals surface area contributed by atoms with Crippen molar-refractivity contribution >= 4 is 0 Å². The summed E-state index contributed by atoms with van der Waals surface area (Å²) in [5.41, 5.74) is 2.65. The van der Waals surface area contributed by atoms with Gasteiger partial charge in [-0.25, -0.2) is 0 Å². The molecule has 0 aliphatic carbocycles. The lowest BCUT2D eigenvalue weighted by Gasteiger charge is -2.28. The summed E-state index contributed by atoms with van der Waals surface area (Å²) in [4.78, 5) is 0. The molecule has 2 heteroatoms. The molecule has 0 aromatic heterocycles. The van der Waals surface area contributed by atoms with Gasteiger partial charge in [0.15, 0.2) is 0 Å². The van der Waals surface area contributed by atoms with E-state index in [0.29, 0.717) is 12.6 Å². The van der Waals surface area contributed by atoms with Gasteiger partial charge < -0.3 is 10.1 Å². The summed E-state index contributed by atoms with van der Waals surface area (Å²) in [6.45, 7) is 4.16. The third-order valence-corrected chi connectivity index (χ3v) is 3.35. The van der Waals surface area contributed by atoms with Crippen molar-refractivity contribution in [3.63, 3.8) is 0 Å². The molecular formula is C14H21NO. The van der Waals surface area contributed by atoms with Gasteiger partial charge in [0.05, 0.1) is 6.61 Å². The first kappa shape index (κ1) is 11.6. The molecule has 0 bridgehead atoms. The molecule has 2 nitrogen and oxygen atoms in total. The normalized spacial score (nSPS) is 25.6. The van der Waals surface area contributed by atoms with E-state index in [1.165, 1.54) is 24.0 Å². The third kappa shape index (κ3) is 2.83. The smallest absolute Gasteiger partial charge is 0.0713 e. The number of hydrogen-bond acceptors (Lipinski definition) is 2. The molecule has 2 rings (SSSR count). The van der Waals surface area contributed by atoms with E-state index >= 15 is 0 Å². The minimum absolute atomic E-state index is 0.549. The average molecular weight is 219 g/mol. The highest BCUT2D eigenvalue weighted by Crippen LogP contribution is 2.25. The van der Waals surface area contributed by atoms with Crippen LogP contribution < -0.4 is 5.32 Å². The topological polar surface area (TPSA) is 21.3 Å². The van der Waals surface area contributed by atoms with E-state index in [1.807, 2.05) is 0 Å². The van der Waals surface area contributed by atoms with Gasteiger partial charge in [-0.1, -0.05) is 31.2 Å². The van der Waals surface area contributed by atoms with Crippen molar-refractivity contribution in [2.24, 2.45) is 5.92 Å². The first-order valence-electron chi connectivity index (χ1n) is 6.10. The highest BCUT2D eigenvalue weighted by Gasteiger charge is 2.18. The zero-order valence-electron chi connectivity index (χ0n) is 10.2. The van der Waals surface area contributed by atoms with Gasteiger partial charge in [0, 0.05) is 13.2 Å². The van der Waals surface area contributed by atoms with Crippen molar-refractivity contribution in [2.45, 2.75) is 32.4 Å². The molecule has 1 fully saturated rings. The van der Waals surface area contributed by atoms with E-state index in [9.17, 15) is 0 Å². The SMILES string of the molecule is COCc1ccc([C@H]2CC[C@H](C)CN2)cc1. The van der Waals surface area contributed by atoms with Gasteiger partial charge in [-0.3, -0.25) is 0 Å². The molecule has 0 saturated carbocycles. The largest absolute Gasteiger partial charge is 0.380 e. The number of nitrogens with one attached hydrogen (secondary N) is 1. The van der Waals surface area contributed by atoms with E-state index < -0.39 is 0 Å². The van der Waals surface area contributed by atoms with Gasteiger partial charge in [-0.2, -0.15) is 0 Å². The number of benzene rings is 1. The highest BCUT2D eigenvalue weighted by molar-refractivity contribution is 5.25. The van der Waals surface area contributed by atoms with Crippen LogP contribution >= 0.6 is 0 Å². The van der Waals surface area contributed by atoms with Gasteiger partial charge in [0.2, 0.25) is 0 Å². The van der Waals surface area contributed by atoms with E-state index in [0.717, 1.165) is 12.5 Å². The number of piperidine rings is 1. The zero-order valence-corrected chi connectivity index (χ0v) is 10.2. The van der Waals surface area contributed by atoms with E-state index in [-0.39, 0.29) is 0 Å². The number of ether oxygens (including phenoxy) is 1.